The molecule has 28 heavy (non-hydrogen) atoms. The number of fused-ring (bicyclic) bond motifs is 1. The maximum absolute atomic E-state index is 12.2. The SMILES string of the molecule is Cc1cnc(C2=Cc3c(N4CCN(C(=O)OC5COC5)CC4)ccnc3C2)o1. The minimum Gasteiger partial charge on any atom is -0.442 e. The second-order valence-electron chi connectivity index (χ2n) is 7.33. The number of pyridine rings is 1. The zero-order valence-corrected chi connectivity index (χ0v) is 15.8. The second kappa shape index (κ2) is 6.94. The van der Waals surface area contributed by atoms with E-state index in [0.717, 1.165) is 47.8 Å². The first-order chi connectivity index (χ1) is 13.7. The fraction of sp³-hybridized carbons (Fsp3) is 0.450. The summed E-state index contributed by atoms with van der Waals surface area (Å²) < 4.78 is 16.2. The number of anilines is 1. The van der Waals surface area contributed by atoms with Crippen LogP contribution in [0.2, 0.25) is 0 Å². The Hall–Kier alpha value is -2.87. The molecule has 5 rings (SSSR count). The molecule has 2 saturated heterocycles. The van der Waals surface area contributed by atoms with Gasteiger partial charge in [0, 0.05) is 55.6 Å². The molecule has 0 radical (unpaired) electrons. The molecule has 0 N–H and O–H groups in total. The fourth-order valence-corrected chi connectivity index (χ4v) is 3.75. The molecule has 0 bridgehead atoms. The summed E-state index contributed by atoms with van der Waals surface area (Å²) in [6.45, 7) is 5.70. The highest BCUT2D eigenvalue weighted by molar-refractivity contribution is 5.90. The summed E-state index contributed by atoms with van der Waals surface area (Å²) in [5.74, 6) is 1.46. The molecule has 2 aromatic rings. The summed E-state index contributed by atoms with van der Waals surface area (Å²) in [7, 11) is 0. The van der Waals surface area contributed by atoms with Crippen molar-refractivity contribution in [1.29, 1.82) is 0 Å². The third-order valence-electron chi connectivity index (χ3n) is 5.38. The number of ether oxygens (including phenoxy) is 2. The van der Waals surface area contributed by atoms with Gasteiger partial charge >= 0.3 is 6.09 Å². The Balaban J connectivity index is 1.29. The molecule has 2 aliphatic heterocycles. The van der Waals surface area contributed by atoms with Crippen molar-refractivity contribution >= 4 is 23.4 Å². The Morgan fingerprint density at radius 2 is 2.04 bits per heavy atom. The third-order valence-corrected chi connectivity index (χ3v) is 5.38. The average Bonchev–Trinajstić information content (AvgIpc) is 3.30. The molecule has 8 heteroatoms. The Morgan fingerprint density at radius 1 is 1.21 bits per heavy atom. The van der Waals surface area contributed by atoms with Crippen molar-refractivity contribution in [3.63, 3.8) is 0 Å². The fourth-order valence-electron chi connectivity index (χ4n) is 3.75. The quantitative estimate of drug-likeness (QED) is 0.804. The van der Waals surface area contributed by atoms with Gasteiger partial charge in [-0.25, -0.2) is 9.78 Å². The highest BCUT2D eigenvalue weighted by atomic mass is 16.6. The van der Waals surface area contributed by atoms with Gasteiger partial charge in [0.1, 0.15) is 5.76 Å². The summed E-state index contributed by atoms with van der Waals surface area (Å²) in [5, 5.41) is 0. The molecule has 0 saturated carbocycles. The first-order valence-corrected chi connectivity index (χ1v) is 9.57. The Bertz CT molecular complexity index is 926. The van der Waals surface area contributed by atoms with Crippen LogP contribution in [0.25, 0.3) is 11.6 Å². The molecule has 0 unspecified atom stereocenters. The molecule has 146 valence electrons. The number of nitrogens with zero attached hydrogens (tertiary/aromatic N) is 4. The topological polar surface area (TPSA) is 80.9 Å². The lowest BCUT2D eigenvalue weighted by Gasteiger charge is -2.37. The third kappa shape index (κ3) is 3.13. The molecule has 2 aromatic heterocycles. The Kier molecular flexibility index (Phi) is 4.27. The van der Waals surface area contributed by atoms with Gasteiger partial charge in [-0.15, -0.1) is 0 Å². The number of aryl methyl sites for hydroxylation is 1. The van der Waals surface area contributed by atoms with E-state index in [0.29, 0.717) is 32.2 Å². The number of aromatic nitrogens is 2. The van der Waals surface area contributed by atoms with Crippen molar-refractivity contribution in [2.75, 3.05) is 44.3 Å². The van der Waals surface area contributed by atoms with Gasteiger partial charge in [0.25, 0.3) is 0 Å². The normalized spacial score (nSPS) is 19.2. The second-order valence-corrected chi connectivity index (χ2v) is 7.33. The molecular formula is C20H22N4O4. The number of hydrogen-bond acceptors (Lipinski definition) is 7. The molecule has 8 nitrogen and oxygen atoms in total. The number of rotatable bonds is 3. The number of allylic oxidation sites excluding steroid dienone is 1. The van der Waals surface area contributed by atoms with Gasteiger partial charge in [-0.1, -0.05) is 0 Å². The molecular weight excluding hydrogens is 360 g/mol. The zero-order valence-electron chi connectivity index (χ0n) is 15.8. The van der Waals surface area contributed by atoms with E-state index in [1.54, 1.807) is 11.1 Å². The molecule has 4 heterocycles. The van der Waals surface area contributed by atoms with Gasteiger partial charge in [0.2, 0.25) is 5.89 Å². The van der Waals surface area contributed by atoms with Gasteiger partial charge in [-0.05, 0) is 19.1 Å². The highest BCUT2D eigenvalue weighted by Crippen LogP contribution is 2.36. The van der Waals surface area contributed by atoms with E-state index in [-0.39, 0.29) is 12.2 Å². The molecule has 1 amide bonds. The molecule has 3 aliphatic rings. The van der Waals surface area contributed by atoms with Gasteiger partial charge in [0.05, 0.1) is 25.1 Å². The van der Waals surface area contributed by atoms with E-state index >= 15 is 0 Å². The van der Waals surface area contributed by atoms with Crippen molar-refractivity contribution < 1.29 is 18.7 Å². The van der Waals surface area contributed by atoms with Crippen LogP contribution in [0.4, 0.5) is 10.5 Å². The minimum atomic E-state index is -0.241. The van der Waals surface area contributed by atoms with E-state index in [2.05, 4.69) is 20.9 Å². The van der Waals surface area contributed by atoms with Crippen molar-refractivity contribution in [3.8, 4) is 0 Å². The largest absolute Gasteiger partial charge is 0.442 e. The van der Waals surface area contributed by atoms with E-state index in [1.165, 1.54) is 0 Å². The maximum Gasteiger partial charge on any atom is 0.410 e. The zero-order chi connectivity index (χ0) is 19.1. The monoisotopic (exact) mass is 382 g/mol. The van der Waals surface area contributed by atoms with Gasteiger partial charge in [-0.2, -0.15) is 0 Å². The molecule has 2 fully saturated rings. The van der Waals surface area contributed by atoms with Crippen molar-refractivity contribution in [2.45, 2.75) is 19.4 Å². The van der Waals surface area contributed by atoms with E-state index < -0.39 is 0 Å². The van der Waals surface area contributed by atoms with Crippen LogP contribution in [0.3, 0.4) is 0 Å². The van der Waals surface area contributed by atoms with Gasteiger partial charge < -0.3 is 23.7 Å². The van der Waals surface area contributed by atoms with Crippen molar-refractivity contribution in [1.82, 2.24) is 14.9 Å². The molecule has 0 spiro atoms. The van der Waals surface area contributed by atoms with E-state index in [4.69, 9.17) is 13.9 Å². The Morgan fingerprint density at radius 3 is 2.71 bits per heavy atom. The molecule has 1 aliphatic carbocycles. The number of carbonyl (C=O) groups excluding carboxylic acids is 1. The highest BCUT2D eigenvalue weighted by Gasteiger charge is 2.29. The van der Waals surface area contributed by atoms with E-state index in [1.807, 2.05) is 19.2 Å². The van der Waals surface area contributed by atoms with Crippen LogP contribution in [-0.2, 0) is 15.9 Å². The lowest BCUT2D eigenvalue weighted by molar-refractivity contribution is -0.104. The first-order valence-electron chi connectivity index (χ1n) is 9.57. The van der Waals surface area contributed by atoms with Crippen LogP contribution in [-0.4, -0.2) is 66.5 Å². The maximum atomic E-state index is 12.2. The summed E-state index contributed by atoms with van der Waals surface area (Å²) in [5.41, 5.74) is 4.35. The number of oxazole rings is 1. The smallest absolute Gasteiger partial charge is 0.410 e. The summed E-state index contributed by atoms with van der Waals surface area (Å²) in [6.07, 6.45) is 6.11. The molecule has 0 aromatic carbocycles. The lowest BCUT2D eigenvalue weighted by Crippen LogP contribution is -2.51. The Labute approximate surface area is 162 Å². The van der Waals surface area contributed by atoms with Crippen LogP contribution in [0.5, 0.6) is 0 Å². The van der Waals surface area contributed by atoms with Crippen LogP contribution in [0.15, 0.2) is 22.9 Å². The number of amides is 1. The standard InChI is InChI=1S/C20H22N4O4/c1-13-10-22-19(27-13)14-8-16-17(9-14)21-3-2-18(16)23-4-6-24(7-5-23)20(25)28-15-11-26-12-15/h2-3,8,10,15H,4-7,9,11-12H2,1H3. The van der Waals surface area contributed by atoms with Crippen LogP contribution in [0.1, 0.15) is 22.9 Å². The van der Waals surface area contributed by atoms with Crippen LogP contribution < -0.4 is 4.90 Å². The predicted molar refractivity (Wildman–Crippen MR) is 102 cm³/mol. The van der Waals surface area contributed by atoms with Crippen molar-refractivity contribution in [2.24, 2.45) is 0 Å². The number of piperazine rings is 1. The average molecular weight is 382 g/mol. The summed E-state index contributed by atoms with van der Waals surface area (Å²) in [6, 6.07) is 2.04. The van der Waals surface area contributed by atoms with Gasteiger partial charge in [0.15, 0.2) is 6.10 Å². The van der Waals surface area contributed by atoms with Crippen LogP contribution in [0, 0.1) is 6.92 Å². The van der Waals surface area contributed by atoms with Gasteiger partial charge in [-0.3, -0.25) is 4.98 Å². The molecule has 0 atom stereocenters. The number of hydrogen-bond donors (Lipinski definition) is 0. The minimum absolute atomic E-state index is 0.0867. The van der Waals surface area contributed by atoms with Crippen molar-refractivity contribution in [3.05, 3.63) is 41.4 Å². The van der Waals surface area contributed by atoms with E-state index in [9.17, 15) is 4.79 Å². The summed E-state index contributed by atoms with van der Waals surface area (Å²) in [4.78, 5) is 25.2. The number of carbonyl (C=O) groups is 1. The lowest BCUT2D eigenvalue weighted by atomic mass is 10.1. The predicted octanol–water partition coefficient (Wildman–Crippen LogP) is 2.13. The van der Waals surface area contributed by atoms with Crippen LogP contribution >= 0.6 is 0 Å². The summed E-state index contributed by atoms with van der Waals surface area (Å²) >= 11 is 0. The first kappa shape index (κ1) is 17.2.